The van der Waals surface area contributed by atoms with Gasteiger partial charge in [0.05, 0.1) is 11.4 Å². The Morgan fingerprint density at radius 3 is 2.89 bits per heavy atom. The number of aromatic nitrogens is 3. The van der Waals surface area contributed by atoms with Crippen LogP contribution in [-0.2, 0) is 20.0 Å². The Kier molecular flexibility index (Phi) is 3.84. The molecule has 6 nitrogen and oxygen atoms in total. The summed E-state index contributed by atoms with van der Waals surface area (Å²) in [7, 11) is 1.89. The maximum Gasteiger partial charge on any atom is 0.347 e. The molecule has 2 rings (SSSR count). The summed E-state index contributed by atoms with van der Waals surface area (Å²) in [5.41, 5.74) is 2.69. The number of aryl methyl sites for hydroxylation is 3. The summed E-state index contributed by atoms with van der Waals surface area (Å²) >= 11 is 1.16. The van der Waals surface area contributed by atoms with E-state index < -0.39 is 5.97 Å². The maximum absolute atomic E-state index is 10.9. The number of thiazole rings is 1. The lowest BCUT2D eigenvalue weighted by atomic mass is 10.2. The second-order valence-electron chi connectivity index (χ2n) is 4.22. The van der Waals surface area contributed by atoms with Gasteiger partial charge in [-0.3, -0.25) is 4.68 Å². The van der Waals surface area contributed by atoms with Crippen molar-refractivity contribution in [2.75, 3.05) is 5.32 Å². The molecular weight excluding hydrogens is 264 g/mol. The molecule has 102 valence electrons. The van der Waals surface area contributed by atoms with Gasteiger partial charge in [0.2, 0.25) is 0 Å². The Morgan fingerprint density at radius 2 is 2.32 bits per heavy atom. The maximum atomic E-state index is 10.9. The first-order valence-electron chi connectivity index (χ1n) is 5.97. The lowest BCUT2D eigenvalue weighted by Crippen LogP contribution is -2.00. The third-order valence-electron chi connectivity index (χ3n) is 2.75. The molecule has 0 bridgehead atoms. The van der Waals surface area contributed by atoms with Crippen molar-refractivity contribution in [2.45, 2.75) is 26.8 Å². The first-order valence-corrected chi connectivity index (χ1v) is 6.79. The van der Waals surface area contributed by atoms with Gasteiger partial charge in [-0.05, 0) is 13.3 Å². The van der Waals surface area contributed by atoms with Crippen molar-refractivity contribution in [3.8, 4) is 0 Å². The van der Waals surface area contributed by atoms with Crippen LogP contribution in [0.5, 0.6) is 0 Å². The number of nitrogens with zero attached hydrogens (tertiary/aromatic N) is 3. The quantitative estimate of drug-likeness (QED) is 0.876. The summed E-state index contributed by atoms with van der Waals surface area (Å²) in [4.78, 5) is 15.4. The smallest absolute Gasteiger partial charge is 0.347 e. The van der Waals surface area contributed by atoms with Crippen molar-refractivity contribution in [1.82, 2.24) is 14.8 Å². The van der Waals surface area contributed by atoms with Crippen LogP contribution in [-0.4, -0.2) is 25.8 Å². The normalized spacial score (nSPS) is 10.7. The highest BCUT2D eigenvalue weighted by molar-refractivity contribution is 7.17. The van der Waals surface area contributed by atoms with Crippen LogP contribution in [0.4, 0.5) is 5.13 Å². The molecule has 0 aliphatic heterocycles. The highest BCUT2D eigenvalue weighted by Crippen LogP contribution is 2.23. The summed E-state index contributed by atoms with van der Waals surface area (Å²) in [5, 5.41) is 17.1. The highest BCUT2D eigenvalue weighted by Gasteiger charge is 2.14. The molecule has 2 aromatic heterocycles. The van der Waals surface area contributed by atoms with Gasteiger partial charge < -0.3 is 10.4 Å². The molecule has 0 aliphatic rings. The summed E-state index contributed by atoms with van der Waals surface area (Å²) in [6.45, 7) is 4.36. The average molecular weight is 280 g/mol. The molecule has 2 N–H and O–H groups in total. The summed E-state index contributed by atoms with van der Waals surface area (Å²) in [5.74, 6) is -0.932. The van der Waals surface area contributed by atoms with E-state index in [9.17, 15) is 4.79 Å². The van der Waals surface area contributed by atoms with Gasteiger partial charge in [-0.2, -0.15) is 5.10 Å². The standard InChI is InChI=1S/C12H16N4O2S/c1-4-9-8(6-16(3)15-9)5-13-12-14-7(2)10(19-12)11(17)18/h6H,4-5H2,1-3H3,(H,13,14)(H,17,18). The van der Waals surface area contributed by atoms with Crippen LogP contribution >= 0.6 is 11.3 Å². The molecule has 0 saturated carbocycles. The average Bonchev–Trinajstić information content (AvgIpc) is 2.89. The molecule has 19 heavy (non-hydrogen) atoms. The molecule has 7 heteroatoms. The second-order valence-corrected chi connectivity index (χ2v) is 5.22. The number of hydrogen-bond donors (Lipinski definition) is 2. The zero-order valence-corrected chi connectivity index (χ0v) is 11.9. The van der Waals surface area contributed by atoms with Crippen molar-refractivity contribution >= 4 is 22.4 Å². The minimum atomic E-state index is -0.932. The first kappa shape index (κ1) is 13.5. The van der Waals surface area contributed by atoms with Crippen molar-refractivity contribution in [2.24, 2.45) is 7.05 Å². The minimum Gasteiger partial charge on any atom is -0.477 e. The number of hydrogen-bond acceptors (Lipinski definition) is 5. The number of anilines is 1. The highest BCUT2D eigenvalue weighted by atomic mass is 32.1. The van der Waals surface area contributed by atoms with Crippen LogP contribution in [0, 0.1) is 6.92 Å². The minimum absolute atomic E-state index is 0.282. The molecule has 0 unspecified atom stereocenters. The molecule has 0 aliphatic carbocycles. The van der Waals surface area contributed by atoms with E-state index in [1.165, 1.54) is 0 Å². The predicted molar refractivity (Wildman–Crippen MR) is 73.7 cm³/mol. The lowest BCUT2D eigenvalue weighted by Gasteiger charge is -2.01. The zero-order valence-electron chi connectivity index (χ0n) is 11.1. The lowest BCUT2D eigenvalue weighted by molar-refractivity contribution is 0.0701. The fraction of sp³-hybridized carbons (Fsp3) is 0.417. The van der Waals surface area contributed by atoms with E-state index in [0.29, 0.717) is 17.4 Å². The Labute approximate surface area is 115 Å². The second kappa shape index (κ2) is 5.40. The Hall–Kier alpha value is -1.89. The molecule has 0 radical (unpaired) electrons. The number of aromatic carboxylic acids is 1. The number of nitrogens with one attached hydrogen (secondary N) is 1. The van der Waals surface area contributed by atoms with Crippen LogP contribution in [0.15, 0.2) is 6.20 Å². The third-order valence-corrected chi connectivity index (χ3v) is 3.85. The van der Waals surface area contributed by atoms with Gasteiger partial charge in [-0.25, -0.2) is 9.78 Å². The molecule has 0 fully saturated rings. The number of carboxylic acid groups (broad SMARTS) is 1. The van der Waals surface area contributed by atoms with E-state index in [4.69, 9.17) is 5.11 Å². The topological polar surface area (TPSA) is 80.0 Å². The van der Waals surface area contributed by atoms with Gasteiger partial charge in [0.25, 0.3) is 0 Å². The van der Waals surface area contributed by atoms with Gasteiger partial charge in [-0.15, -0.1) is 0 Å². The van der Waals surface area contributed by atoms with E-state index in [2.05, 4.69) is 22.3 Å². The van der Waals surface area contributed by atoms with E-state index in [0.717, 1.165) is 29.0 Å². The van der Waals surface area contributed by atoms with Crippen LogP contribution < -0.4 is 5.32 Å². The predicted octanol–water partition coefficient (Wildman–Crippen LogP) is 2.06. The fourth-order valence-electron chi connectivity index (χ4n) is 1.87. The van der Waals surface area contributed by atoms with Crippen molar-refractivity contribution in [1.29, 1.82) is 0 Å². The fourth-order valence-corrected chi connectivity index (χ4v) is 2.67. The Bertz CT molecular complexity index is 603. The molecule has 0 spiro atoms. The number of carboxylic acids is 1. The summed E-state index contributed by atoms with van der Waals surface area (Å²) in [6, 6.07) is 0. The van der Waals surface area contributed by atoms with Crippen molar-refractivity contribution in [3.63, 3.8) is 0 Å². The Morgan fingerprint density at radius 1 is 1.58 bits per heavy atom. The largest absolute Gasteiger partial charge is 0.477 e. The van der Waals surface area contributed by atoms with E-state index in [-0.39, 0.29) is 4.88 Å². The van der Waals surface area contributed by atoms with Crippen LogP contribution in [0.1, 0.15) is 33.5 Å². The van der Waals surface area contributed by atoms with Crippen molar-refractivity contribution < 1.29 is 9.90 Å². The van der Waals surface area contributed by atoms with Gasteiger partial charge in [0.15, 0.2) is 5.13 Å². The number of carbonyl (C=O) groups is 1. The summed E-state index contributed by atoms with van der Waals surface area (Å²) in [6.07, 6.45) is 2.83. The van der Waals surface area contributed by atoms with Gasteiger partial charge in [0, 0.05) is 25.4 Å². The van der Waals surface area contributed by atoms with Crippen LogP contribution in [0.3, 0.4) is 0 Å². The van der Waals surface area contributed by atoms with Gasteiger partial charge >= 0.3 is 5.97 Å². The molecule has 0 aromatic carbocycles. The molecule has 0 saturated heterocycles. The monoisotopic (exact) mass is 280 g/mol. The molecular formula is C12H16N4O2S. The summed E-state index contributed by atoms with van der Waals surface area (Å²) < 4.78 is 1.78. The van der Waals surface area contributed by atoms with E-state index in [1.54, 1.807) is 11.6 Å². The molecule has 0 atom stereocenters. The van der Waals surface area contributed by atoms with Gasteiger partial charge in [-0.1, -0.05) is 18.3 Å². The van der Waals surface area contributed by atoms with E-state index in [1.807, 2.05) is 13.2 Å². The van der Waals surface area contributed by atoms with Gasteiger partial charge in [0.1, 0.15) is 4.88 Å². The molecule has 2 aromatic rings. The SMILES string of the molecule is CCc1nn(C)cc1CNc1nc(C)c(C(=O)O)s1. The zero-order chi connectivity index (χ0) is 14.0. The Balaban J connectivity index is 2.10. The molecule has 2 heterocycles. The van der Waals surface area contributed by atoms with Crippen molar-refractivity contribution in [3.05, 3.63) is 28.0 Å². The molecule has 0 amide bonds. The third kappa shape index (κ3) is 2.93. The van der Waals surface area contributed by atoms with Crippen LogP contribution in [0.2, 0.25) is 0 Å². The van der Waals surface area contributed by atoms with Crippen LogP contribution in [0.25, 0.3) is 0 Å². The first-order chi connectivity index (χ1) is 9.01. The number of rotatable bonds is 5. The van der Waals surface area contributed by atoms with E-state index >= 15 is 0 Å².